The van der Waals surface area contributed by atoms with Crippen molar-refractivity contribution in [2.75, 3.05) is 19.7 Å². The lowest BCUT2D eigenvalue weighted by molar-refractivity contribution is -0.0117. The molecule has 0 spiro atoms. The van der Waals surface area contributed by atoms with Gasteiger partial charge in [0.05, 0.1) is 11.7 Å². The molecule has 3 nitrogen and oxygen atoms in total. The van der Waals surface area contributed by atoms with Crippen LogP contribution in [-0.4, -0.2) is 36.5 Å². The summed E-state index contributed by atoms with van der Waals surface area (Å²) in [7, 11) is 0. The van der Waals surface area contributed by atoms with Crippen LogP contribution in [0.5, 0.6) is 0 Å². The first kappa shape index (κ1) is 14.3. The molecule has 3 heteroatoms. The van der Waals surface area contributed by atoms with Crippen LogP contribution in [0, 0.1) is 5.92 Å². The van der Waals surface area contributed by atoms with Gasteiger partial charge in [0, 0.05) is 13.2 Å². The Morgan fingerprint density at radius 1 is 1.33 bits per heavy atom. The highest BCUT2D eigenvalue weighted by Crippen LogP contribution is 2.31. The first-order valence-corrected chi connectivity index (χ1v) is 7.73. The molecule has 18 heavy (non-hydrogen) atoms. The van der Waals surface area contributed by atoms with E-state index in [4.69, 9.17) is 4.74 Å². The van der Waals surface area contributed by atoms with Crippen molar-refractivity contribution in [1.29, 1.82) is 0 Å². The van der Waals surface area contributed by atoms with E-state index in [1.54, 1.807) is 0 Å². The van der Waals surface area contributed by atoms with Crippen molar-refractivity contribution in [2.24, 2.45) is 5.92 Å². The van der Waals surface area contributed by atoms with Crippen LogP contribution in [0.2, 0.25) is 0 Å². The smallest absolute Gasteiger partial charge is 0.0774 e. The van der Waals surface area contributed by atoms with Gasteiger partial charge < -0.3 is 15.2 Å². The van der Waals surface area contributed by atoms with Crippen molar-refractivity contribution in [1.82, 2.24) is 5.32 Å². The van der Waals surface area contributed by atoms with Crippen LogP contribution >= 0.6 is 0 Å². The lowest BCUT2D eigenvalue weighted by Crippen LogP contribution is -2.44. The van der Waals surface area contributed by atoms with Crippen molar-refractivity contribution in [3.8, 4) is 0 Å². The number of rotatable bonds is 6. The Labute approximate surface area is 111 Å². The highest BCUT2D eigenvalue weighted by atomic mass is 16.5. The maximum Gasteiger partial charge on any atom is 0.0774 e. The molecule has 2 rings (SSSR count). The van der Waals surface area contributed by atoms with Crippen molar-refractivity contribution < 1.29 is 9.84 Å². The predicted octanol–water partition coefficient (Wildman–Crippen LogP) is 2.48. The molecule has 2 N–H and O–H groups in total. The second kappa shape index (κ2) is 6.88. The summed E-state index contributed by atoms with van der Waals surface area (Å²) in [6.45, 7) is 4.98. The average molecular weight is 255 g/mol. The van der Waals surface area contributed by atoms with Crippen LogP contribution in [0.4, 0.5) is 0 Å². The highest BCUT2D eigenvalue weighted by molar-refractivity contribution is 4.86. The summed E-state index contributed by atoms with van der Waals surface area (Å²) in [5.74, 6) is 0.678. The van der Waals surface area contributed by atoms with Gasteiger partial charge in [-0.25, -0.2) is 0 Å². The first-order valence-electron chi connectivity index (χ1n) is 7.73. The molecule has 1 aliphatic heterocycles. The maximum atomic E-state index is 10.5. The van der Waals surface area contributed by atoms with E-state index in [-0.39, 0.29) is 0 Å². The summed E-state index contributed by atoms with van der Waals surface area (Å²) >= 11 is 0. The number of ether oxygens (including phenoxy) is 1. The molecule has 0 aromatic carbocycles. The Kier molecular flexibility index (Phi) is 5.46. The van der Waals surface area contributed by atoms with Crippen LogP contribution in [0.3, 0.4) is 0 Å². The maximum absolute atomic E-state index is 10.5. The van der Waals surface area contributed by atoms with E-state index in [0.717, 1.165) is 39.0 Å². The summed E-state index contributed by atoms with van der Waals surface area (Å²) in [5.41, 5.74) is -0.443. The van der Waals surface area contributed by atoms with Gasteiger partial charge in [-0.2, -0.15) is 0 Å². The zero-order chi connectivity index (χ0) is 12.8. The van der Waals surface area contributed by atoms with Crippen molar-refractivity contribution in [3.05, 3.63) is 0 Å². The zero-order valence-electron chi connectivity index (χ0n) is 11.8. The molecule has 2 aliphatic rings. The SMILES string of the molecule is CC1CCCC(O)(CNCCCC2CCCO2)C1. The predicted molar refractivity (Wildman–Crippen MR) is 73.7 cm³/mol. The van der Waals surface area contributed by atoms with Crippen LogP contribution in [0.1, 0.15) is 58.3 Å². The summed E-state index contributed by atoms with van der Waals surface area (Å²) in [4.78, 5) is 0. The standard InChI is InChI=1S/C15H29NO2/c1-13-5-2-8-15(17,11-13)12-16-9-3-6-14-7-4-10-18-14/h13-14,16-17H,2-12H2,1H3. The molecule has 3 atom stereocenters. The molecule has 1 aliphatic carbocycles. The molecule has 1 saturated carbocycles. The third-order valence-corrected chi connectivity index (χ3v) is 4.43. The number of hydrogen-bond donors (Lipinski definition) is 2. The minimum absolute atomic E-state index is 0.443. The molecule has 0 radical (unpaired) electrons. The fourth-order valence-corrected chi connectivity index (χ4v) is 3.44. The van der Waals surface area contributed by atoms with E-state index in [1.807, 2.05) is 0 Å². The first-order chi connectivity index (χ1) is 8.68. The van der Waals surface area contributed by atoms with Crippen LogP contribution in [0.15, 0.2) is 0 Å². The molecule has 0 aromatic rings. The fourth-order valence-electron chi connectivity index (χ4n) is 3.44. The second-order valence-corrected chi connectivity index (χ2v) is 6.38. The molecular weight excluding hydrogens is 226 g/mol. The van der Waals surface area contributed by atoms with Gasteiger partial charge in [-0.05, 0) is 51.0 Å². The van der Waals surface area contributed by atoms with Gasteiger partial charge in [0.1, 0.15) is 0 Å². The Morgan fingerprint density at radius 2 is 2.22 bits per heavy atom. The lowest BCUT2D eigenvalue weighted by atomic mass is 9.79. The molecular formula is C15H29NO2. The molecule has 0 aromatic heterocycles. The molecule has 0 bridgehead atoms. The normalized spacial score (nSPS) is 37.0. The Bertz CT molecular complexity index is 241. The molecule has 1 heterocycles. The van der Waals surface area contributed by atoms with E-state index in [0.29, 0.717) is 12.0 Å². The summed E-state index contributed by atoms with van der Waals surface area (Å²) in [6, 6.07) is 0. The monoisotopic (exact) mass is 255 g/mol. The van der Waals surface area contributed by atoms with Gasteiger partial charge >= 0.3 is 0 Å². The third-order valence-electron chi connectivity index (χ3n) is 4.43. The summed E-state index contributed by atoms with van der Waals surface area (Å²) in [5, 5.41) is 13.9. The number of hydrogen-bond acceptors (Lipinski definition) is 3. The number of nitrogens with one attached hydrogen (secondary N) is 1. The van der Waals surface area contributed by atoms with E-state index >= 15 is 0 Å². The average Bonchev–Trinajstić information content (AvgIpc) is 2.81. The van der Waals surface area contributed by atoms with E-state index < -0.39 is 5.60 Å². The second-order valence-electron chi connectivity index (χ2n) is 6.38. The molecule has 2 fully saturated rings. The quantitative estimate of drug-likeness (QED) is 0.716. The summed E-state index contributed by atoms with van der Waals surface area (Å²) in [6.07, 6.45) is 9.69. The van der Waals surface area contributed by atoms with Crippen molar-refractivity contribution >= 4 is 0 Å². The topological polar surface area (TPSA) is 41.5 Å². The Morgan fingerprint density at radius 3 is 2.94 bits per heavy atom. The van der Waals surface area contributed by atoms with E-state index in [2.05, 4.69) is 12.2 Å². The van der Waals surface area contributed by atoms with Gasteiger partial charge in [0.25, 0.3) is 0 Å². The van der Waals surface area contributed by atoms with Gasteiger partial charge in [0.2, 0.25) is 0 Å². The summed E-state index contributed by atoms with van der Waals surface area (Å²) < 4.78 is 5.61. The van der Waals surface area contributed by atoms with Crippen molar-refractivity contribution in [2.45, 2.75) is 70.0 Å². The highest BCUT2D eigenvalue weighted by Gasteiger charge is 2.31. The Balaban J connectivity index is 1.54. The molecule has 3 unspecified atom stereocenters. The van der Waals surface area contributed by atoms with Crippen LogP contribution < -0.4 is 5.32 Å². The van der Waals surface area contributed by atoms with Gasteiger partial charge in [-0.1, -0.05) is 19.8 Å². The minimum atomic E-state index is -0.443. The third kappa shape index (κ3) is 4.52. The minimum Gasteiger partial charge on any atom is -0.389 e. The molecule has 0 amide bonds. The number of aliphatic hydroxyl groups is 1. The van der Waals surface area contributed by atoms with E-state index in [1.165, 1.54) is 32.1 Å². The van der Waals surface area contributed by atoms with Gasteiger partial charge in [-0.3, -0.25) is 0 Å². The largest absolute Gasteiger partial charge is 0.389 e. The lowest BCUT2D eigenvalue weighted by Gasteiger charge is -2.35. The molecule has 106 valence electrons. The van der Waals surface area contributed by atoms with Crippen molar-refractivity contribution in [3.63, 3.8) is 0 Å². The van der Waals surface area contributed by atoms with Gasteiger partial charge in [-0.15, -0.1) is 0 Å². The molecule has 1 saturated heterocycles. The van der Waals surface area contributed by atoms with Crippen LogP contribution in [0.25, 0.3) is 0 Å². The van der Waals surface area contributed by atoms with Gasteiger partial charge in [0.15, 0.2) is 0 Å². The fraction of sp³-hybridized carbons (Fsp3) is 1.00. The Hall–Kier alpha value is -0.120. The van der Waals surface area contributed by atoms with E-state index in [9.17, 15) is 5.11 Å². The van der Waals surface area contributed by atoms with Crippen LogP contribution in [-0.2, 0) is 4.74 Å². The zero-order valence-corrected chi connectivity index (χ0v) is 11.8.